The summed E-state index contributed by atoms with van der Waals surface area (Å²) in [6.07, 6.45) is 4.60. The van der Waals surface area contributed by atoms with Gasteiger partial charge in [-0.2, -0.15) is 5.26 Å². The Labute approximate surface area is 182 Å². The first-order chi connectivity index (χ1) is 15.2. The van der Waals surface area contributed by atoms with Crippen molar-refractivity contribution in [3.05, 3.63) is 107 Å². The van der Waals surface area contributed by atoms with Crippen LogP contribution >= 0.6 is 0 Å². The Hall–Kier alpha value is -4.10. The van der Waals surface area contributed by atoms with E-state index in [1.807, 2.05) is 66.9 Å². The molecule has 0 fully saturated rings. The maximum absolute atomic E-state index is 12.7. The quantitative estimate of drug-likeness (QED) is 0.326. The van der Waals surface area contributed by atoms with Gasteiger partial charge in [0.15, 0.2) is 0 Å². The zero-order valence-electron chi connectivity index (χ0n) is 17.4. The van der Waals surface area contributed by atoms with Gasteiger partial charge in [0.2, 0.25) is 0 Å². The molecule has 4 aromatic rings. The smallest absolute Gasteiger partial charge is 0.266 e. The maximum Gasteiger partial charge on any atom is 0.266 e. The lowest BCUT2D eigenvalue weighted by molar-refractivity contribution is -0.112. The van der Waals surface area contributed by atoms with Crippen molar-refractivity contribution in [2.24, 2.45) is 0 Å². The lowest BCUT2D eigenvalue weighted by Gasteiger charge is -2.05. The van der Waals surface area contributed by atoms with Gasteiger partial charge in [0.05, 0.1) is 0 Å². The number of aryl methyl sites for hydroxylation is 1. The van der Waals surface area contributed by atoms with Crippen LogP contribution in [0.2, 0.25) is 0 Å². The topological polar surface area (TPSA) is 57.8 Å². The summed E-state index contributed by atoms with van der Waals surface area (Å²) in [5.41, 5.74) is 5.04. The van der Waals surface area contributed by atoms with Gasteiger partial charge in [-0.15, -0.1) is 0 Å². The number of nitriles is 1. The maximum atomic E-state index is 12.7. The number of hydrogen-bond acceptors (Lipinski definition) is 2. The van der Waals surface area contributed by atoms with Crippen LogP contribution < -0.4 is 5.32 Å². The summed E-state index contributed by atoms with van der Waals surface area (Å²) in [4.78, 5) is 12.7. The lowest BCUT2D eigenvalue weighted by atomic mass is 10.1. The molecular formula is C27H23N3O. The number of aromatic nitrogens is 1. The molecule has 1 amide bonds. The third-order valence-corrected chi connectivity index (χ3v) is 5.30. The highest BCUT2D eigenvalue weighted by Crippen LogP contribution is 2.25. The Morgan fingerprint density at radius 3 is 2.39 bits per heavy atom. The molecule has 0 spiro atoms. The Morgan fingerprint density at radius 1 is 0.968 bits per heavy atom. The van der Waals surface area contributed by atoms with E-state index in [9.17, 15) is 10.1 Å². The summed E-state index contributed by atoms with van der Waals surface area (Å²) in [5, 5.41) is 13.5. The fourth-order valence-electron chi connectivity index (χ4n) is 3.63. The first kappa shape index (κ1) is 20.2. The molecule has 4 rings (SSSR count). The van der Waals surface area contributed by atoms with Gasteiger partial charge in [0, 0.05) is 34.9 Å². The zero-order valence-corrected chi connectivity index (χ0v) is 17.4. The summed E-state index contributed by atoms with van der Waals surface area (Å²) in [7, 11) is 0. The average Bonchev–Trinajstić information content (AvgIpc) is 3.15. The third kappa shape index (κ3) is 4.57. The first-order valence-electron chi connectivity index (χ1n) is 10.3. The van der Waals surface area contributed by atoms with Crippen LogP contribution in [-0.2, 0) is 17.8 Å². The van der Waals surface area contributed by atoms with Crippen LogP contribution in [0, 0.1) is 11.3 Å². The Morgan fingerprint density at radius 2 is 1.68 bits per heavy atom. The van der Waals surface area contributed by atoms with Gasteiger partial charge in [-0.1, -0.05) is 67.6 Å². The number of rotatable bonds is 6. The van der Waals surface area contributed by atoms with Crippen molar-refractivity contribution in [3.63, 3.8) is 0 Å². The van der Waals surface area contributed by atoms with Gasteiger partial charge in [0.25, 0.3) is 5.91 Å². The minimum atomic E-state index is -0.411. The predicted octanol–water partition coefficient (Wildman–Crippen LogP) is 5.80. The van der Waals surface area contributed by atoms with Crippen LogP contribution in [0.25, 0.3) is 17.0 Å². The van der Waals surface area contributed by atoms with E-state index in [2.05, 4.69) is 41.1 Å². The van der Waals surface area contributed by atoms with E-state index in [4.69, 9.17) is 0 Å². The monoisotopic (exact) mass is 405 g/mol. The minimum absolute atomic E-state index is 0.0715. The molecule has 31 heavy (non-hydrogen) atoms. The molecule has 0 aliphatic carbocycles. The van der Waals surface area contributed by atoms with Gasteiger partial charge in [0.1, 0.15) is 11.6 Å². The van der Waals surface area contributed by atoms with Gasteiger partial charge in [-0.3, -0.25) is 4.79 Å². The molecule has 0 bridgehead atoms. The Balaban J connectivity index is 1.64. The highest BCUT2D eigenvalue weighted by atomic mass is 16.1. The van der Waals surface area contributed by atoms with E-state index < -0.39 is 5.91 Å². The second kappa shape index (κ2) is 9.15. The van der Waals surface area contributed by atoms with E-state index in [1.54, 1.807) is 6.08 Å². The van der Waals surface area contributed by atoms with E-state index in [0.717, 1.165) is 22.9 Å². The van der Waals surface area contributed by atoms with Gasteiger partial charge >= 0.3 is 0 Å². The summed E-state index contributed by atoms with van der Waals surface area (Å²) in [5.74, 6) is -0.411. The van der Waals surface area contributed by atoms with Crippen molar-refractivity contribution in [1.29, 1.82) is 5.26 Å². The fourth-order valence-corrected chi connectivity index (χ4v) is 3.63. The first-order valence-corrected chi connectivity index (χ1v) is 10.3. The van der Waals surface area contributed by atoms with Crippen molar-refractivity contribution >= 4 is 28.6 Å². The molecule has 0 aliphatic rings. The summed E-state index contributed by atoms with van der Waals surface area (Å²) >= 11 is 0. The number of anilines is 1. The average molecular weight is 406 g/mol. The Kier molecular flexibility index (Phi) is 5.96. The number of fused-ring (bicyclic) bond motifs is 1. The van der Waals surface area contributed by atoms with E-state index in [0.29, 0.717) is 12.2 Å². The largest absolute Gasteiger partial charge is 0.342 e. The van der Waals surface area contributed by atoms with Crippen molar-refractivity contribution < 1.29 is 4.79 Å². The van der Waals surface area contributed by atoms with Crippen molar-refractivity contribution in [1.82, 2.24) is 4.57 Å². The number of benzene rings is 3. The highest BCUT2D eigenvalue weighted by molar-refractivity contribution is 6.10. The van der Waals surface area contributed by atoms with Crippen LogP contribution in [0.15, 0.2) is 90.6 Å². The molecule has 0 saturated carbocycles. The molecule has 4 heteroatoms. The molecule has 0 radical (unpaired) electrons. The van der Waals surface area contributed by atoms with Crippen LogP contribution in [0.1, 0.15) is 23.6 Å². The number of nitrogens with one attached hydrogen (secondary N) is 1. The fraction of sp³-hybridized carbons (Fsp3) is 0.111. The minimum Gasteiger partial charge on any atom is -0.342 e. The highest BCUT2D eigenvalue weighted by Gasteiger charge is 2.13. The van der Waals surface area contributed by atoms with E-state index in [-0.39, 0.29) is 5.57 Å². The number of amides is 1. The second-order valence-electron chi connectivity index (χ2n) is 7.39. The molecule has 0 aliphatic heterocycles. The summed E-state index contributed by atoms with van der Waals surface area (Å²) < 4.78 is 2.15. The Bertz CT molecular complexity index is 1280. The number of para-hydroxylation sites is 1. The predicted molar refractivity (Wildman–Crippen MR) is 126 cm³/mol. The molecule has 1 N–H and O–H groups in total. The molecule has 0 atom stereocenters. The SMILES string of the molecule is CCc1ccc(NC(=O)/C(C#N)=C/c2cn(Cc3ccccc3)c3ccccc23)cc1. The third-order valence-electron chi connectivity index (χ3n) is 5.30. The number of carbonyl (C=O) groups excluding carboxylic acids is 1. The molecular weight excluding hydrogens is 382 g/mol. The number of nitrogens with zero attached hydrogens (tertiary/aromatic N) is 2. The molecule has 0 saturated heterocycles. The lowest BCUT2D eigenvalue weighted by Crippen LogP contribution is -2.13. The van der Waals surface area contributed by atoms with Crippen molar-refractivity contribution in [2.45, 2.75) is 19.9 Å². The van der Waals surface area contributed by atoms with Crippen LogP contribution in [-0.4, -0.2) is 10.5 Å². The van der Waals surface area contributed by atoms with Gasteiger partial charge < -0.3 is 9.88 Å². The zero-order chi connectivity index (χ0) is 21.6. The molecule has 1 aromatic heterocycles. The second-order valence-corrected chi connectivity index (χ2v) is 7.39. The van der Waals surface area contributed by atoms with Gasteiger partial charge in [-0.25, -0.2) is 0 Å². The standard InChI is InChI=1S/C27H23N3O/c1-2-20-12-14-24(15-13-20)29-27(31)22(17-28)16-23-19-30(18-21-8-4-3-5-9-21)26-11-7-6-10-25(23)26/h3-16,19H,2,18H2,1H3,(H,29,31)/b22-16+. The number of hydrogen-bond donors (Lipinski definition) is 1. The van der Waals surface area contributed by atoms with Crippen molar-refractivity contribution in [3.8, 4) is 6.07 Å². The van der Waals surface area contributed by atoms with E-state index >= 15 is 0 Å². The summed E-state index contributed by atoms with van der Waals surface area (Å²) in [6.45, 7) is 2.80. The normalized spacial score (nSPS) is 11.3. The number of carbonyl (C=O) groups is 1. The molecule has 0 unspecified atom stereocenters. The van der Waals surface area contributed by atoms with Crippen molar-refractivity contribution in [2.75, 3.05) is 5.32 Å². The molecule has 4 nitrogen and oxygen atoms in total. The van der Waals surface area contributed by atoms with Crippen LogP contribution in [0.5, 0.6) is 0 Å². The summed E-state index contributed by atoms with van der Waals surface area (Å²) in [6, 6.07) is 28.0. The van der Waals surface area contributed by atoms with Gasteiger partial charge in [-0.05, 0) is 41.8 Å². The van der Waals surface area contributed by atoms with Crippen LogP contribution in [0.4, 0.5) is 5.69 Å². The van der Waals surface area contributed by atoms with E-state index in [1.165, 1.54) is 11.1 Å². The molecule has 152 valence electrons. The van der Waals surface area contributed by atoms with Crippen LogP contribution in [0.3, 0.4) is 0 Å². The molecule has 3 aromatic carbocycles. The molecule has 1 heterocycles.